The number of aliphatic carboxylic acids is 1. The number of carboxylic acids is 1. The lowest BCUT2D eigenvalue weighted by Crippen LogP contribution is -2.39. The first-order valence-corrected chi connectivity index (χ1v) is 7.15. The van der Waals surface area contributed by atoms with Gasteiger partial charge < -0.3 is 10.0 Å². The van der Waals surface area contributed by atoms with Crippen molar-refractivity contribution in [3.05, 3.63) is 51.7 Å². The minimum absolute atomic E-state index is 0.512. The van der Waals surface area contributed by atoms with E-state index in [1.807, 2.05) is 28.5 Å². The van der Waals surface area contributed by atoms with E-state index in [-0.39, 0.29) is 0 Å². The van der Waals surface area contributed by atoms with Gasteiger partial charge in [-0.15, -0.1) is 11.3 Å². The fourth-order valence-electron chi connectivity index (χ4n) is 2.66. The van der Waals surface area contributed by atoms with Crippen LogP contribution in [0.15, 0.2) is 35.7 Å². The number of nitriles is 1. The van der Waals surface area contributed by atoms with Crippen molar-refractivity contribution in [2.45, 2.75) is 12.5 Å². The average Bonchev–Trinajstić information content (AvgIpc) is 2.94. The summed E-state index contributed by atoms with van der Waals surface area (Å²) in [6, 6.07) is 10.5. The van der Waals surface area contributed by atoms with E-state index in [1.165, 1.54) is 0 Å². The van der Waals surface area contributed by atoms with Crippen LogP contribution in [0.4, 0.5) is 5.69 Å². The molecule has 1 atom stereocenters. The number of rotatable bonds is 2. The molecule has 1 aromatic carbocycles. The van der Waals surface area contributed by atoms with Gasteiger partial charge in [0.25, 0.3) is 0 Å². The Balaban J connectivity index is 2.10. The van der Waals surface area contributed by atoms with Crippen LogP contribution in [0.5, 0.6) is 0 Å². The van der Waals surface area contributed by atoms with Gasteiger partial charge in [0.1, 0.15) is 6.07 Å². The van der Waals surface area contributed by atoms with Gasteiger partial charge >= 0.3 is 5.97 Å². The number of anilines is 1. The summed E-state index contributed by atoms with van der Waals surface area (Å²) in [5.74, 6) is -0.878. The van der Waals surface area contributed by atoms with Crippen molar-refractivity contribution >= 4 is 23.0 Å². The predicted octanol–water partition coefficient (Wildman–Crippen LogP) is 2.81. The number of benzene rings is 1. The Morgan fingerprint density at radius 3 is 2.95 bits per heavy atom. The van der Waals surface area contributed by atoms with Crippen molar-refractivity contribution in [1.82, 2.24) is 0 Å². The molecule has 0 spiro atoms. The number of para-hydroxylation sites is 1. The van der Waals surface area contributed by atoms with Gasteiger partial charge in [-0.25, -0.2) is 4.79 Å². The number of hydrogen-bond acceptors (Lipinski definition) is 4. The Hall–Kier alpha value is -2.32. The quantitative estimate of drug-likeness (QED) is 0.921. The van der Waals surface area contributed by atoms with Crippen molar-refractivity contribution in [3.8, 4) is 6.07 Å². The zero-order valence-electron chi connectivity index (χ0n) is 10.6. The van der Waals surface area contributed by atoms with Crippen LogP contribution in [0.25, 0.3) is 0 Å². The van der Waals surface area contributed by atoms with Crippen LogP contribution in [0.3, 0.4) is 0 Å². The predicted molar refractivity (Wildman–Crippen MR) is 76.9 cm³/mol. The lowest BCUT2D eigenvalue weighted by Gasteiger charge is -2.35. The second-order valence-corrected chi connectivity index (χ2v) is 5.61. The number of carboxylic acid groups (broad SMARTS) is 1. The summed E-state index contributed by atoms with van der Waals surface area (Å²) in [4.78, 5) is 14.6. The van der Waals surface area contributed by atoms with Crippen LogP contribution in [0, 0.1) is 11.3 Å². The molecule has 0 fully saturated rings. The molecule has 0 bridgehead atoms. The monoisotopic (exact) mass is 284 g/mol. The maximum absolute atomic E-state index is 11.7. The standard InChI is InChI=1S/C15H12N2O2S/c16-9-10-3-1-2-4-12(10)17-7-5-13-11(6-8-20-13)14(17)15(18)19/h1-4,6,8,14H,5,7H2,(H,18,19). The zero-order chi connectivity index (χ0) is 14.1. The second-order valence-electron chi connectivity index (χ2n) is 4.61. The largest absolute Gasteiger partial charge is 0.479 e. The molecule has 4 nitrogen and oxygen atoms in total. The summed E-state index contributed by atoms with van der Waals surface area (Å²) >= 11 is 1.60. The molecule has 20 heavy (non-hydrogen) atoms. The third kappa shape index (κ3) is 1.95. The van der Waals surface area contributed by atoms with E-state index in [9.17, 15) is 15.2 Å². The van der Waals surface area contributed by atoms with Crippen molar-refractivity contribution in [3.63, 3.8) is 0 Å². The summed E-state index contributed by atoms with van der Waals surface area (Å²) in [6.07, 6.45) is 0.816. The van der Waals surface area contributed by atoms with Crippen LogP contribution in [0.2, 0.25) is 0 Å². The van der Waals surface area contributed by atoms with E-state index in [1.54, 1.807) is 23.5 Å². The van der Waals surface area contributed by atoms with Gasteiger partial charge in [0, 0.05) is 11.4 Å². The van der Waals surface area contributed by atoms with E-state index < -0.39 is 12.0 Å². The summed E-state index contributed by atoms with van der Waals surface area (Å²) in [5, 5.41) is 20.7. The molecule has 0 amide bonds. The Morgan fingerprint density at radius 1 is 1.40 bits per heavy atom. The van der Waals surface area contributed by atoms with Gasteiger partial charge in [-0.3, -0.25) is 0 Å². The van der Waals surface area contributed by atoms with E-state index >= 15 is 0 Å². The van der Waals surface area contributed by atoms with Gasteiger partial charge in [-0.05, 0) is 35.6 Å². The van der Waals surface area contributed by atoms with E-state index in [0.29, 0.717) is 17.8 Å². The van der Waals surface area contributed by atoms with Crippen LogP contribution in [-0.4, -0.2) is 17.6 Å². The molecule has 100 valence electrons. The van der Waals surface area contributed by atoms with Crippen LogP contribution in [0.1, 0.15) is 22.0 Å². The maximum atomic E-state index is 11.7. The van der Waals surface area contributed by atoms with E-state index in [0.717, 1.165) is 16.9 Å². The molecule has 0 aliphatic carbocycles. The Bertz CT molecular complexity index is 702. The summed E-state index contributed by atoms with van der Waals surface area (Å²) < 4.78 is 0. The molecule has 1 aromatic heterocycles. The molecule has 0 saturated heterocycles. The highest BCUT2D eigenvalue weighted by molar-refractivity contribution is 7.10. The number of hydrogen-bond donors (Lipinski definition) is 1. The first-order chi connectivity index (χ1) is 9.72. The van der Waals surface area contributed by atoms with Gasteiger partial charge in [0.2, 0.25) is 0 Å². The summed E-state index contributed by atoms with van der Waals surface area (Å²) in [7, 11) is 0. The molecule has 2 aromatic rings. The molecule has 1 aliphatic rings. The average molecular weight is 284 g/mol. The van der Waals surface area contributed by atoms with E-state index in [4.69, 9.17) is 0 Å². The minimum atomic E-state index is -0.878. The smallest absolute Gasteiger partial charge is 0.331 e. The molecule has 1 aliphatic heterocycles. The fraction of sp³-hybridized carbons (Fsp3) is 0.200. The molecule has 0 saturated carbocycles. The van der Waals surface area contributed by atoms with Crippen LogP contribution < -0.4 is 4.90 Å². The third-order valence-electron chi connectivity index (χ3n) is 3.53. The topological polar surface area (TPSA) is 64.3 Å². The zero-order valence-corrected chi connectivity index (χ0v) is 11.4. The van der Waals surface area contributed by atoms with Crippen LogP contribution in [-0.2, 0) is 11.2 Å². The Kier molecular flexibility index (Phi) is 3.17. The number of thiophene rings is 1. The Morgan fingerprint density at radius 2 is 2.20 bits per heavy atom. The molecule has 1 N–H and O–H groups in total. The number of carbonyl (C=O) groups is 1. The van der Waals surface area contributed by atoms with Gasteiger partial charge in [-0.2, -0.15) is 5.26 Å². The van der Waals surface area contributed by atoms with Crippen LogP contribution >= 0.6 is 11.3 Å². The molecule has 0 radical (unpaired) electrons. The van der Waals surface area contributed by atoms with Gasteiger partial charge in [0.15, 0.2) is 6.04 Å². The number of fused-ring (bicyclic) bond motifs is 1. The summed E-state index contributed by atoms with van der Waals surface area (Å²) in [5.41, 5.74) is 2.05. The molecule has 2 heterocycles. The van der Waals surface area contributed by atoms with Crippen molar-refractivity contribution in [1.29, 1.82) is 5.26 Å². The molecule has 1 unspecified atom stereocenters. The summed E-state index contributed by atoms with van der Waals surface area (Å²) in [6.45, 7) is 0.614. The normalized spacial score (nSPS) is 17.4. The minimum Gasteiger partial charge on any atom is -0.479 e. The maximum Gasteiger partial charge on any atom is 0.331 e. The van der Waals surface area contributed by atoms with Crippen molar-refractivity contribution < 1.29 is 9.90 Å². The molecular formula is C15H12N2O2S. The highest BCUT2D eigenvalue weighted by Crippen LogP contribution is 2.37. The second kappa shape index (κ2) is 4.99. The van der Waals surface area contributed by atoms with Gasteiger partial charge in [0.05, 0.1) is 11.3 Å². The van der Waals surface area contributed by atoms with E-state index in [2.05, 4.69) is 6.07 Å². The number of nitrogens with zero attached hydrogens (tertiary/aromatic N) is 2. The lowest BCUT2D eigenvalue weighted by molar-refractivity contribution is -0.138. The first kappa shape index (κ1) is 12.7. The third-order valence-corrected chi connectivity index (χ3v) is 4.53. The lowest BCUT2D eigenvalue weighted by atomic mass is 9.98. The highest BCUT2D eigenvalue weighted by Gasteiger charge is 2.34. The first-order valence-electron chi connectivity index (χ1n) is 6.27. The van der Waals surface area contributed by atoms with Crippen molar-refractivity contribution in [2.75, 3.05) is 11.4 Å². The fourth-order valence-corrected chi connectivity index (χ4v) is 3.56. The van der Waals surface area contributed by atoms with Gasteiger partial charge in [-0.1, -0.05) is 12.1 Å². The Labute approximate surface area is 120 Å². The SMILES string of the molecule is N#Cc1ccccc1N1CCc2sccc2C1C(=O)O. The molecule has 5 heteroatoms. The molecule has 3 rings (SSSR count). The molecular weight excluding hydrogens is 272 g/mol. The van der Waals surface area contributed by atoms with Crippen molar-refractivity contribution in [2.24, 2.45) is 0 Å². The highest BCUT2D eigenvalue weighted by atomic mass is 32.1.